The van der Waals surface area contributed by atoms with Crippen molar-refractivity contribution in [2.24, 2.45) is 0 Å². The van der Waals surface area contributed by atoms with Crippen molar-refractivity contribution >= 4 is 11.0 Å². The van der Waals surface area contributed by atoms with Gasteiger partial charge in [-0.3, -0.25) is 4.79 Å². The molecule has 44 heavy (non-hydrogen) atoms. The summed E-state index contributed by atoms with van der Waals surface area (Å²) >= 11 is 0. The van der Waals surface area contributed by atoms with Crippen molar-refractivity contribution in [3.05, 3.63) is 40.6 Å². The molecule has 9 N–H and O–H groups in total. The molecular formula is C28H32O16. The van der Waals surface area contributed by atoms with Crippen LogP contribution in [0.1, 0.15) is 6.92 Å². The maximum atomic E-state index is 13.8. The third-order valence-electron chi connectivity index (χ3n) is 7.52. The number of rotatable bonds is 7. The molecule has 3 heterocycles. The van der Waals surface area contributed by atoms with E-state index in [1.165, 1.54) is 32.2 Å². The highest BCUT2D eigenvalue weighted by Gasteiger charge is 2.51. The largest absolute Gasteiger partial charge is 0.508 e. The Morgan fingerprint density at radius 3 is 2.25 bits per heavy atom. The molecule has 0 spiro atoms. The summed E-state index contributed by atoms with van der Waals surface area (Å²) in [5.41, 5.74) is -1.15. The zero-order chi connectivity index (χ0) is 32.0. The van der Waals surface area contributed by atoms with Crippen LogP contribution in [-0.4, -0.2) is 121 Å². The van der Waals surface area contributed by atoms with E-state index in [1.54, 1.807) is 0 Å². The Labute approximate surface area is 248 Å². The van der Waals surface area contributed by atoms with E-state index in [9.17, 15) is 50.8 Å². The van der Waals surface area contributed by atoms with Crippen LogP contribution in [-0.2, 0) is 14.2 Å². The lowest BCUT2D eigenvalue weighted by Crippen LogP contribution is -2.64. The molecule has 5 rings (SSSR count). The fourth-order valence-corrected chi connectivity index (χ4v) is 5.08. The highest BCUT2D eigenvalue weighted by Crippen LogP contribution is 2.40. The van der Waals surface area contributed by atoms with Gasteiger partial charge in [0.15, 0.2) is 29.7 Å². The molecule has 2 saturated heterocycles. The van der Waals surface area contributed by atoms with Gasteiger partial charge in [-0.05, 0) is 25.1 Å². The van der Waals surface area contributed by atoms with Crippen LogP contribution in [0.5, 0.6) is 28.7 Å². The summed E-state index contributed by atoms with van der Waals surface area (Å²) in [6.07, 6.45) is -16.5. The first-order chi connectivity index (χ1) is 20.9. The Morgan fingerprint density at radius 1 is 0.841 bits per heavy atom. The van der Waals surface area contributed by atoms with E-state index in [-0.39, 0.29) is 28.4 Å². The molecule has 0 aliphatic carbocycles. The molecule has 16 heteroatoms. The molecule has 0 amide bonds. The summed E-state index contributed by atoms with van der Waals surface area (Å²) in [4.78, 5) is 13.8. The van der Waals surface area contributed by atoms with Crippen molar-refractivity contribution < 1.29 is 74.1 Å². The molecule has 10 atom stereocenters. The molecule has 0 unspecified atom stereocenters. The van der Waals surface area contributed by atoms with Gasteiger partial charge < -0.3 is 74.1 Å². The van der Waals surface area contributed by atoms with Crippen molar-refractivity contribution in [3.63, 3.8) is 0 Å². The van der Waals surface area contributed by atoms with Crippen molar-refractivity contribution in [3.8, 4) is 40.1 Å². The summed E-state index contributed by atoms with van der Waals surface area (Å²) in [5, 5.41) is 92.3. The second kappa shape index (κ2) is 12.4. The van der Waals surface area contributed by atoms with Crippen LogP contribution in [0.4, 0.5) is 0 Å². The molecule has 0 radical (unpaired) electrons. The Bertz CT molecular complexity index is 1560. The minimum absolute atomic E-state index is 0.0257. The molecule has 1 aromatic heterocycles. The number of hydrogen-bond acceptors (Lipinski definition) is 16. The zero-order valence-corrected chi connectivity index (χ0v) is 23.3. The standard InChI is InChI=1S/C28H32O16/c1-9-18(33)21(36)23(38)27(40-9)44-26-22(37)19(34)16(8-29)42-28(26)43-25-20(35)17-13(32)6-11(30)7-15(17)41-24(25)10-3-4-12(31)14(5-10)39-2/h3-7,9,16,18-19,21-23,26-34,36-38H,8H2,1-2H3/t9-,16-,18-,19-,21+,22-,23-,26+,27-,28-/m0/s1. The number of methoxy groups -OCH3 is 1. The van der Waals surface area contributed by atoms with E-state index in [0.717, 1.165) is 12.1 Å². The lowest BCUT2D eigenvalue weighted by atomic mass is 9.97. The van der Waals surface area contributed by atoms with Gasteiger partial charge in [0, 0.05) is 17.7 Å². The molecule has 2 fully saturated rings. The smallest absolute Gasteiger partial charge is 0.239 e. The summed E-state index contributed by atoms with van der Waals surface area (Å²) in [6, 6.07) is 5.81. The Hall–Kier alpha value is -3.71. The second-order valence-corrected chi connectivity index (χ2v) is 10.4. The van der Waals surface area contributed by atoms with E-state index in [2.05, 4.69) is 0 Å². The predicted molar refractivity (Wildman–Crippen MR) is 145 cm³/mol. The Balaban J connectivity index is 1.63. The number of aliphatic hydroxyl groups is 6. The first-order valence-electron chi connectivity index (χ1n) is 13.4. The van der Waals surface area contributed by atoms with E-state index in [0.29, 0.717) is 0 Å². The molecule has 2 aliphatic heterocycles. The van der Waals surface area contributed by atoms with Crippen molar-refractivity contribution in [2.45, 2.75) is 68.3 Å². The minimum Gasteiger partial charge on any atom is -0.508 e. The number of aliphatic hydroxyl groups excluding tert-OH is 6. The number of aromatic hydroxyl groups is 3. The number of ether oxygens (including phenoxy) is 5. The maximum Gasteiger partial charge on any atom is 0.239 e. The van der Waals surface area contributed by atoms with Crippen molar-refractivity contribution in [1.82, 2.24) is 0 Å². The van der Waals surface area contributed by atoms with E-state index in [1.807, 2.05) is 0 Å². The molecule has 2 aliphatic rings. The highest BCUT2D eigenvalue weighted by molar-refractivity contribution is 5.88. The topological polar surface area (TPSA) is 258 Å². The van der Waals surface area contributed by atoms with Gasteiger partial charge in [-0.25, -0.2) is 0 Å². The Kier molecular flexibility index (Phi) is 8.90. The van der Waals surface area contributed by atoms with Gasteiger partial charge >= 0.3 is 0 Å². The monoisotopic (exact) mass is 624 g/mol. The van der Waals surface area contributed by atoms with Crippen LogP contribution in [0.25, 0.3) is 22.3 Å². The van der Waals surface area contributed by atoms with Crippen LogP contribution in [0.3, 0.4) is 0 Å². The van der Waals surface area contributed by atoms with Crippen LogP contribution in [0, 0.1) is 0 Å². The predicted octanol–water partition coefficient (Wildman–Crippen LogP) is -1.38. The van der Waals surface area contributed by atoms with Crippen molar-refractivity contribution in [2.75, 3.05) is 13.7 Å². The third-order valence-corrected chi connectivity index (χ3v) is 7.52. The fraction of sp³-hybridized carbons (Fsp3) is 0.464. The lowest BCUT2D eigenvalue weighted by Gasteiger charge is -2.45. The summed E-state index contributed by atoms with van der Waals surface area (Å²) in [6.45, 7) is 0.570. The number of hydrogen-bond donors (Lipinski definition) is 9. The third kappa shape index (κ3) is 5.63. The average Bonchev–Trinajstić information content (AvgIpc) is 2.99. The van der Waals surface area contributed by atoms with Crippen molar-refractivity contribution in [1.29, 1.82) is 0 Å². The van der Waals surface area contributed by atoms with Gasteiger partial charge in [0.25, 0.3) is 0 Å². The fourth-order valence-electron chi connectivity index (χ4n) is 5.08. The van der Waals surface area contributed by atoms with Crippen LogP contribution in [0.2, 0.25) is 0 Å². The van der Waals surface area contributed by atoms with Gasteiger partial charge in [-0.2, -0.15) is 0 Å². The van der Waals surface area contributed by atoms with E-state index < -0.39 is 96.1 Å². The number of benzene rings is 2. The molecule has 16 nitrogen and oxygen atoms in total. The zero-order valence-electron chi connectivity index (χ0n) is 23.3. The van der Waals surface area contributed by atoms with Gasteiger partial charge in [-0.1, -0.05) is 0 Å². The number of fused-ring (bicyclic) bond motifs is 1. The molecule has 2 aromatic carbocycles. The molecular weight excluding hydrogens is 592 g/mol. The van der Waals surface area contributed by atoms with E-state index in [4.69, 9.17) is 28.1 Å². The van der Waals surface area contributed by atoms with Gasteiger partial charge in [0.1, 0.15) is 59.1 Å². The van der Waals surface area contributed by atoms with E-state index >= 15 is 0 Å². The molecule has 240 valence electrons. The van der Waals surface area contributed by atoms with Crippen LogP contribution < -0.4 is 14.9 Å². The first-order valence-corrected chi connectivity index (χ1v) is 13.4. The minimum atomic E-state index is -1.89. The summed E-state index contributed by atoms with van der Waals surface area (Å²) in [5.74, 6) is -2.34. The van der Waals surface area contributed by atoms with Gasteiger partial charge in [0.05, 0.1) is 19.8 Å². The van der Waals surface area contributed by atoms with Gasteiger partial charge in [-0.15, -0.1) is 0 Å². The molecule has 0 bridgehead atoms. The lowest BCUT2D eigenvalue weighted by molar-refractivity contribution is -0.354. The molecule has 0 saturated carbocycles. The van der Waals surface area contributed by atoms with Gasteiger partial charge in [0.2, 0.25) is 17.5 Å². The Morgan fingerprint density at radius 2 is 1.57 bits per heavy atom. The quantitative estimate of drug-likeness (QED) is 0.147. The average molecular weight is 625 g/mol. The normalized spacial score (nSPS) is 32.5. The number of phenolic OH excluding ortho intramolecular Hbond substituents is 3. The van der Waals surface area contributed by atoms with Crippen LogP contribution in [0.15, 0.2) is 39.5 Å². The SMILES string of the molecule is COc1cc(-c2oc3cc(O)cc(O)c3c(=O)c2O[C@@H]2O[C@@H](CO)[C@H](O)[C@H](O)[C@H]2O[C@@H]2O[C@@H](C)[C@H](O)[C@@H](O)[C@@H]2O)ccc1O. The maximum absolute atomic E-state index is 13.8. The first kappa shape index (κ1) is 31.7. The summed E-state index contributed by atoms with van der Waals surface area (Å²) in [7, 11) is 1.28. The van der Waals surface area contributed by atoms with Crippen LogP contribution >= 0.6 is 0 Å². The second-order valence-electron chi connectivity index (χ2n) is 10.4. The number of phenols is 3. The molecule has 3 aromatic rings. The highest BCUT2D eigenvalue weighted by atomic mass is 16.8. The summed E-state index contributed by atoms with van der Waals surface area (Å²) < 4.78 is 33.8.